The molecule has 2 N–H and O–H groups in total. The Balaban J connectivity index is 2.48. The summed E-state index contributed by atoms with van der Waals surface area (Å²) in [5.41, 5.74) is 1.13. The van der Waals surface area contributed by atoms with Gasteiger partial charge in [-0.05, 0) is 12.0 Å². The van der Waals surface area contributed by atoms with Gasteiger partial charge < -0.3 is 5.32 Å². The minimum absolute atomic E-state index is 0.0315. The second-order valence-corrected chi connectivity index (χ2v) is 3.75. The molecule has 3 nitrogen and oxygen atoms in total. The number of hydrogen-bond donors (Lipinski definition) is 2. The molecule has 0 aliphatic rings. The fourth-order valence-corrected chi connectivity index (χ4v) is 1.60. The van der Waals surface area contributed by atoms with E-state index in [-0.39, 0.29) is 18.5 Å². The zero-order chi connectivity index (χ0) is 12.5. The Hall–Kier alpha value is -1.79. The lowest BCUT2D eigenvalue weighted by Gasteiger charge is -2.17. The monoisotopic (exact) mass is 230 g/mol. The van der Waals surface area contributed by atoms with Gasteiger partial charge in [0.1, 0.15) is 0 Å². The van der Waals surface area contributed by atoms with Crippen LogP contribution < -0.4 is 10.6 Å². The Bertz CT molecular complexity index is 381. The molecule has 1 unspecified atom stereocenters. The predicted octanol–water partition coefficient (Wildman–Crippen LogP) is 1.48. The first-order chi connectivity index (χ1) is 8.27. The smallest absolute Gasteiger partial charge is 0.234 e. The zero-order valence-electron chi connectivity index (χ0n) is 10.1. The quantitative estimate of drug-likeness (QED) is 0.574. The maximum absolute atomic E-state index is 11.6. The topological polar surface area (TPSA) is 41.1 Å². The second kappa shape index (κ2) is 7.48. The number of amides is 1. The SMILES string of the molecule is C#CCNCC(=O)NC(CC)c1ccccc1. The highest BCUT2D eigenvalue weighted by Gasteiger charge is 2.11. The third kappa shape index (κ3) is 4.71. The number of rotatable bonds is 6. The molecular formula is C14H18N2O. The first-order valence-electron chi connectivity index (χ1n) is 5.76. The molecule has 3 heteroatoms. The van der Waals surface area contributed by atoms with E-state index in [9.17, 15) is 4.79 Å². The first kappa shape index (κ1) is 13.3. The highest BCUT2D eigenvalue weighted by Crippen LogP contribution is 2.15. The van der Waals surface area contributed by atoms with Gasteiger partial charge in [0.05, 0.1) is 19.1 Å². The van der Waals surface area contributed by atoms with E-state index in [1.807, 2.05) is 37.3 Å². The fraction of sp³-hybridized carbons (Fsp3) is 0.357. The Morgan fingerprint density at radius 1 is 1.41 bits per heavy atom. The number of nitrogens with one attached hydrogen (secondary N) is 2. The van der Waals surface area contributed by atoms with Crippen molar-refractivity contribution in [1.29, 1.82) is 0 Å². The number of carbonyl (C=O) groups is 1. The van der Waals surface area contributed by atoms with Crippen LogP contribution in [0.3, 0.4) is 0 Å². The highest BCUT2D eigenvalue weighted by molar-refractivity contribution is 5.78. The molecule has 0 saturated heterocycles. The average molecular weight is 230 g/mol. The van der Waals surface area contributed by atoms with Crippen molar-refractivity contribution in [3.05, 3.63) is 35.9 Å². The number of terminal acetylenes is 1. The van der Waals surface area contributed by atoms with Crippen molar-refractivity contribution in [2.24, 2.45) is 0 Å². The summed E-state index contributed by atoms with van der Waals surface area (Å²) < 4.78 is 0. The number of benzene rings is 1. The lowest BCUT2D eigenvalue weighted by atomic mass is 10.0. The van der Waals surface area contributed by atoms with E-state index >= 15 is 0 Å². The summed E-state index contributed by atoms with van der Waals surface area (Å²) in [4.78, 5) is 11.6. The van der Waals surface area contributed by atoms with Gasteiger partial charge in [-0.3, -0.25) is 10.1 Å². The van der Waals surface area contributed by atoms with Crippen molar-refractivity contribution < 1.29 is 4.79 Å². The standard InChI is InChI=1S/C14H18N2O/c1-3-10-15-11-14(17)16-13(4-2)12-8-6-5-7-9-12/h1,5-9,13,15H,4,10-11H2,2H3,(H,16,17). The van der Waals surface area contributed by atoms with Gasteiger partial charge in [-0.2, -0.15) is 0 Å². The lowest BCUT2D eigenvalue weighted by molar-refractivity contribution is -0.121. The van der Waals surface area contributed by atoms with Crippen LogP contribution in [0.15, 0.2) is 30.3 Å². The van der Waals surface area contributed by atoms with Crippen LogP contribution in [-0.4, -0.2) is 19.0 Å². The molecule has 0 heterocycles. The van der Waals surface area contributed by atoms with E-state index < -0.39 is 0 Å². The second-order valence-electron chi connectivity index (χ2n) is 3.75. The summed E-state index contributed by atoms with van der Waals surface area (Å²) >= 11 is 0. The minimum atomic E-state index is -0.0315. The Labute approximate surface area is 103 Å². The van der Waals surface area contributed by atoms with Crippen LogP contribution >= 0.6 is 0 Å². The molecule has 0 aromatic heterocycles. The number of hydrogen-bond acceptors (Lipinski definition) is 2. The minimum Gasteiger partial charge on any atom is -0.348 e. The van der Waals surface area contributed by atoms with Gasteiger partial charge in [0.15, 0.2) is 0 Å². The maximum Gasteiger partial charge on any atom is 0.234 e. The van der Waals surface area contributed by atoms with Crippen LogP contribution in [0.1, 0.15) is 24.9 Å². The molecule has 1 aromatic rings. The molecule has 0 fully saturated rings. The van der Waals surface area contributed by atoms with Crippen LogP contribution in [0.4, 0.5) is 0 Å². The van der Waals surface area contributed by atoms with Gasteiger partial charge in [0.25, 0.3) is 0 Å². The zero-order valence-corrected chi connectivity index (χ0v) is 10.1. The average Bonchev–Trinajstić information content (AvgIpc) is 2.37. The van der Waals surface area contributed by atoms with Crippen LogP contribution in [0.25, 0.3) is 0 Å². The van der Waals surface area contributed by atoms with E-state index in [1.54, 1.807) is 0 Å². The van der Waals surface area contributed by atoms with Crippen LogP contribution in [0.2, 0.25) is 0 Å². The predicted molar refractivity (Wildman–Crippen MR) is 69.3 cm³/mol. The van der Waals surface area contributed by atoms with Crippen LogP contribution in [0, 0.1) is 12.3 Å². The van der Waals surface area contributed by atoms with Gasteiger partial charge in [0.2, 0.25) is 5.91 Å². The van der Waals surface area contributed by atoms with Crippen molar-refractivity contribution >= 4 is 5.91 Å². The highest BCUT2D eigenvalue weighted by atomic mass is 16.1. The fourth-order valence-electron chi connectivity index (χ4n) is 1.60. The first-order valence-corrected chi connectivity index (χ1v) is 5.76. The van der Waals surface area contributed by atoms with Gasteiger partial charge in [-0.1, -0.05) is 43.2 Å². The van der Waals surface area contributed by atoms with Crippen molar-refractivity contribution in [1.82, 2.24) is 10.6 Å². The van der Waals surface area contributed by atoms with Crippen molar-refractivity contribution in [2.75, 3.05) is 13.1 Å². The molecule has 0 spiro atoms. The van der Waals surface area contributed by atoms with Gasteiger partial charge in [0, 0.05) is 0 Å². The summed E-state index contributed by atoms with van der Waals surface area (Å²) in [6.07, 6.45) is 5.95. The molecule has 90 valence electrons. The van der Waals surface area contributed by atoms with Gasteiger partial charge in [-0.25, -0.2) is 0 Å². The summed E-state index contributed by atoms with van der Waals surface area (Å²) in [6.45, 7) is 2.72. The summed E-state index contributed by atoms with van der Waals surface area (Å²) in [5.74, 6) is 2.40. The van der Waals surface area contributed by atoms with E-state index in [0.717, 1.165) is 12.0 Å². The van der Waals surface area contributed by atoms with E-state index in [2.05, 4.69) is 16.6 Å². The van der Waals surface area contributed by atoms with Gasteiger partial charge in [-0.15, -0.1) is 6.42 Å². The molecule has 0 aliphatic carbocycles. The summed E-state index contributed by atoms with van der Waals surface area (Å²) in [5, 5.41) is 5.84. The Kier molecular flexibility index (Phi) is 5.84. The van der Waals surface area contributed by atoms with E-state index in [4.69, 9.17) is 6.42 Å². The van der Waals surface area contributed by atoms with Crippen molar-refractivity contribution in [3.8, 4) is 12.3 Å². The molecule has 1 rings (SSSR count). The van der Waals surface area contributed by atoms with Crippen molar-refractivity contribution in [3.63, 3.8) is 0 Å². The maximum atomic E-state index is 11.6. The largest absolute Gasteiger partial charge is 0.348 e. The van der Waals surface area contributed by atoms with E-state index in [1.165, 1.54) is 0 Å². The van der Waals surface area contributed by atoms with Crippen molar-refractivity contribution in [2.45, 2.75) is 19.4 Å². The Morgan fingerprint density at radius 2 is 2.12 bits per heavy atom. The van der Waals surface area contributed by atoms with E-state index in [0.29, 0.717) is 6.54 Å². The Morgan fingerprint density at radius 3 is 2.71 bits per heavy atom. The molecule has 1 atom stereocenters. The third-order valence-electron chi connectivity index (χ3n) is 2.46. The third-order valence-corrected chi connectivity index (χ3v) is 2.46. The molecule has 0 saturated carbocycles. The molecule has 17 heavy (non-hydrogen) atoms. The van der Waals surface area contributed by atoms with Crippen LogP contribution in [-0.2, 0) is 4.79 Å². The molecule has 1 aromatic carbocycles. The summed E-state index contributed by atoms with van der Waals surface area (Å²) in [6, 6.07) is 10.0. The normalized spacial score (nSPS) is 11.5. The molecule has 1 amide bonds. The van der Waals surface area contributed by atoms with Gasteiger partial charge >= 0.3 is 0 Å². The molecule has 0 radical (unpaired) electrons. The molecule has 0 aliphatic heterocycles. The number of carbonyl (C=O) groups excluding carboxylic acids is 1. The van der Waals surface area contributed by atoms with Crippen LogP contribution in [0.5, 0.6) is 0 Å². The molecular weight excluding hydrogens is 212 g/mol. The molecule has 0 bridgehead atoms. The summed E-state index contributed by atoms with van der Waals surface area (Å²) in [7, 11) is 0. The lowest BCUT2D eigenvalue weighted by Crippen LogP contribution is -2.36.